The summed E-state index contributed by atoms with van der Waals surface area (Å²) < 4.78 is 7.21. The van der Waals surface area contributed by atoms with Crippen molar-refractivity contribution in [1.29, 1.82) is 0 Å². The molecule has 0 bridgehead atoms. The maximum absolute atomic E-state index is 5.57. The van der Waals surface area contributed by atoms with Crippen LogP contribution in [-0.4, -0.2) is 36.9 Å². The number of pyridine rings is 1. The number of halogens is 1. The van der Waals surface area contributed by atoms with Crippen LogP contribution in [-0.2, 0) is 15.7 Å². The third kappa shape index (κ3) is 8.87. The molecule has 1 aliphatic heterocycles. The third-order valence-electron chi connectivity index (χ3n) is 6.03. The molecule has 0 aliphatic carbocycles. The van der Waals surface area contributed by atoms with Gasteiger partial charge in [0.1, 0.15) is 0 Å². The molecular formula is C31H35ClN3RuS2. The van der Waals surface area contributed by atoms with Crippen molar-refractivity contribution in [3.8, 4) is 0 Å². The van der Waals surface area contributed by atoms with Crippen LogP contribution in [0.25, 0.3) is 0 Å². The molecule has 7 heteroatoms. The van der Waals surface area contributed by atoms with Gasteiger partial charge in [-0.3, -0.25) is 4.98 Å². The minimum atomic E-state index is -0.0765. The van der Waals surface area contributed by atoms with Crippen molar-refractivity contribution in [1.82, 2.24) is 13.6 Å². The molecule has 0 radical (unpaired) electrons. The molecule has 2 heterocycles. The average molecular weight is 650 g/mol. The number of nitrogens with zero attached hydrogens (tertiary/aromatic N) is 3. The molecule has 1 saturated heterocycles. The number of hydrogen-bond donors (Lipinski definition) is 0. The zero-order chi connectivity index (χ0) is 27.0. The normalized spacial score (nSPS) is 19.5. The summed E-state index contributed by atoms with van der Waals surface area (Å²) in [5, 5.41) is 0. The Morgan fingerprint density at radius 3 is 1.45 bits per heavy atom. The van der Waals surface area contributed by atoms with E-state index in [0.717, 1.165) is 6.42 Å². The largest absolute Gasteiger partial charge is 0.265 e. The molecule has 3 aromatic carbocycles. The maximum Gasteiger partial charge on any atom is 0.0267 e. The Bertz CT molecular complexity index is 1090. The van der Waals surface area contributed by atoms with Gasteiger partial charge in [0.25, 0.3) is 0 Å². The van der Waals surface area contributed by atoms with Gasteiger partial charge in [-0.2, -0.15) is 0 Å². The predicted octanol–water partition coefficient (Wildman–Crippen LogP) is 8.53. The van der Waals surface area contributed by atoms with Gasteiger partial charge in [-0.1, -0.05) is 97.5 Å². The topological polar surface area (TPSA) is 19.4 Å². The number of benzene rings is 3. The van der Waals surface area contributed by atoms with Gasteiger partial charge in [0.2, 0.25) is 0 Å². The molecule has 0 N–H and O–H groups in total. The van der Waals surface area contributed by atoms with E-state index in [-0.39, 0.29) is 15.7 Å². The first-order valence-corrected chi connectivity index (χ1v) is 18.1. The van der Waals surface area contributed by atoms with E-state index in [1.54, 1.807) is 12.4 Å². The quantitative estimate of drug-likeness (QED) is 0.154. The summed E-state index contributed by atoms with van der Waals surface area (Å²) >= 11 is 3.65. The summed E-state index contributed by atoms with van der Waals surface area (Å²) in [6.07, 6.45) is 9.46. The first kappa shape index (κ1) is 30.8. The van der Waals surface area contributed by atoms with E-state index in [2.05, 4.69) is 110 Å². The molecule has 2 unspecified atom stereocenters. The van der Waals surface area contributed by atoms with Gasteiger partial charge in [-0.15, -0.1) is 0 Å². The SMILES string of the molecule is CCC1N(SC)C(c2ccccc2)C(c2ccccc2)N1SC.[Cl][Ru]=[CH]c1ccccc1.c1ccncc1. The van der Waals surface area contributed by atoms with Gasteiger partial charge < -0.3 is 0 Å². The molecule has 0 spiro atoms. The van der Waals surface area contributed by atoms with Gasteiger partial charge in [-0.25, -0.2) is 8.61 Å². The van der Waals surface area contributed by atoms with Crippen LogP contribution in [0.4, 0.5) is 0 Å². The van der Waals surface area contributed by atoms with Crippen LogP contribution in [0.1, 0.15) is 42.1 Å². The molecule has 5 rings (SSSR count). The molecule has 3 nitrogen and oxygen atoms in total. The van der Waals surface area contributed by atoms with E-state index in [9.17, 15) is 0 Å². The van der Waals surface area contributed by atoms with Crippen molar-refractivity contribution in [3.63, 3.8) is 0 Å². The van der Waals surface area contributed by atoms with Crippen LogP contribution >= 0.6 is 33.6 Å². The van der Waals surface area contributed by atoms with Gasteiger partial charge >= 0.3 is 65.9 Å². The van der Waals surface area contributed by atoms with E-state index in [1.807, 2.05) is 60.3 Å². The summed E-state index contributed by atoms with van der Waals surface area (Å²) in [5.74, 6) is 0. The van der Waals surface area contributed by atoms with Crippen LogP contribution in [0, 0.1) is 0 Å². The van der Waals surface area contributed by atoms with Crippen molar-refractivity contribution >= 4 is 38.2 Å². The van der Waals surface area contributed by atoms with E-state index < -0.39 is 0 Å². The van der Waals surface area contributed by atoms with Crippen molar-refractivity contribution < 1.29 is 15.7 Å². The Morgan fingerprint density at radius 1 is 0.711 bits per heavy atom. The van der Waals surface area contributed by atoms with Gasteiger partial charge in [-0.05, 0) is 42.2 Å². The Hall–Kier alpha value is -1.79. The second-order valence-corrected chi connectivity index (χ2v) is 11.7. The minimum absolute atomic E-state index is 0.0765. The fourth-order valence-electron chi connectivity index (χ4n) is 4.43. The fourth-order valence-corrected chi connectivity index (χ4v) is 7.49. The monoisotopic (exact) mass is 650 g/mol. The number of rotatable bonds is 6. The molecule has 1 aromatic heterocycles. The van der Waals surface area contributed by atoms with Crippen molar-refractivity contribution in [2.75, 3.05) is 12.5 Å². The first-order valence-electron chi connectivity index (χ1n) is 12.4. The summed E-state index contributed by atoms with van der Waals surface area (Å²) in [7, 11) is 5.57. The van der Waals surface area contributed by atoms with Gasteiger partial charge in [0.05, 0.1) is 18.2 Å². The van der Waals surface area contributed by atoms with Crippen LogP contribution in [0.3, 0.4) is 0 Å². The van der Waals surface area contributed by atoms with Crippen molar-refractivity contribution in [2.45, 2.75) is 31.6 Å². The average Bonchev–Trinajstić information content (AvgIpc) is 3.34. The second kappa shape index (κ2) is 17.7. The van der Waals surface area contributed by atoms with E-state index in [0.29, 0.717) is 18.2 Å². The zero-order valence-electron chi connectivity index (χ0n) is 22.0. The van der Waals surface area contributed by atoms with Crippen molar-refractivity contribution in [2.24, 2.45) is 0 Å². The Balaban J connectivity index is 0.000000216. The minimum Gasteiger partial charge on any atom is -0.265 e. The smallest absolute Gasteiger partial charge is 0.0267 e. The molecule has 2 atom stereocenters. The maximum atomic E-state index is 5.57. The van der Waals surface area contributed by atoms with Crippen LogP contribution in [0.5, 0.6) is 0 Å². The van der Waals surface area contributed by atoms with Crippen LogP contribution < -0.4 is 0 Å². The van der Waals surface area contributed by atoms with E-state index >= 15 is 0 Å². The Morgan fingerprint density at radius 2 is 1.13 bits per heavy atom. The summed E-state index contributed by atoms with van der Waals surface area (Å²) in [6.45, 7) is 2.28. The summed E-state index contributed by atoms with van der Waals surface area (Å²) in [4.78, 5) is 3.78. The number of aromatic nitrogens is 1. The molecular weight excluding hydrogens is 615 g/mol. The molecule has 4 aromatic rings. The molecule has 0 amide bonds. The van der Waals surface area contributed by atoms with E-state index in [1.165, 1.54) is 16.7 Å². The Labute approximate surface area is 248 Å². The Kier molecular flexibility index (Phi) is 14.3. The van der Waals surface area contributed by atoms with Gasteiger partial charge in [0.15, 0.2) is 0 Å². The van der Waals surface area contributed by atoms with Gasteiger partial charge in [0, 0.05) is 12.4 Å². The standard InChI is InChI=1S/C19H24N2S2.C7H6.C5H5N.ClH.Ru/c1-4-17-20(22-2)18(15-11-7-5-8-12-15)19(21(17)23-3)16-13-9-6-10-14-16;1-7-5-3-2-4-6-7;1-2-4-6-5-3-1;;/h5-14,17-19H,4H2,1-3H3;1-6H;1-5H;1H;/q;;;;+1/p-1. The zero-order valence-corrected chi connectivity index (χ0v) is 26.1. The van der Waals surface area contributed by atoms with Crippen molar-refractivity contribution in [3.05, 3.63) is 138 Å². The molecule has 38 heavy (non-hydrogen) atoms. The fraction of sp³-hybridized carbons (Fsp3) is 0.226. The summed E-state index contributed by atoms with van der Waals surface area (Å²) in [6, 6.07) is 38.4. The van der Waals surface area contributed by atoms with E-state index in [4.69, 9.17) is 9.69 Å². The number of hydrogen-bond acceptors (Lipinski definition) is 5. The predicted molar refractivity (Wildman–Crippen MR) is 165 cm³/mol. The second-order valence-electron chi connectivity index (χ2n) is 8.30. The van der Waals surface area contributed by atoms with Crippen LogP contribution in [0.2, 0.25) is 0 Å². The molecule has 201 valence electrons. The first-order chi connectivity index (χ1) is 18.7. The summed E-state index contributed by atoms with van der Waals surface area (Å²) in [5.41, 5.74) is 4.02. The van der Waals surface area contributed by atoms with Crippen LogP contribution in [0.15, 0.2) is 122 Å². The molecule has 0 saturated carbocycles. The molecule has 1 fully saturated rings. The molecule has 1 aliphatic rings. The third-order valence-corrected chi connectivity index (χ3v) is 9.04.